The molecule has 6 rings (SSSR count). The number of tetrazole rings is 1. The molecular formula is C32H35N7O2. The zero-order valence-electron chi connectivity index (χ0n) is 23.5. The van der Waals surface area contributed by atoms with E-state index in [1.807, 2.05) is 31.2 Å². The number of hydrogen-bond donors (Lipinski definition) is 1. The number of ether oxygens (including phenoxy) is 1. The minimum atomic E-state index is -0.399. The first kappa shape index (κ1) is 27.0. The summed E-state index contributed by atoms with van der Waals surface area (Å²) in [5.74, 6) is 0.649. The highest BCUT2D eigenvalue weighted by molar-refractivity contribution is 5.82. The first-order valence-corrected chi connectivity index (χ1v) is 14.1. The molecule has 0 unspecified atom stereocenters. The van der Waals surface area contributed by atoms with Crippen LogP contribution in [0, 0.1) is 6.92 Å². The third-order valence-corrected chi connectivity index (χ3v) is 8.03. The first-order valence-electron chi connectivity index (χ1n) is 14.1. The van der Waals surface area contributed by atoms with Crippen LogP contribution in [-0.4, -0.2) is 74.9 Å². The molecule has 0 aliphatic carbocycles. The molecule has 9 nitrogen and oxygen atoms in total. The van der Waals surface area contributed by atoms with E-state index < -0.39 is 6.04 Å². The second kappa shape index (κ2) is 12.1. The summed E-state index contributed by atoms with van der Waals surface area (Å²) in [6, 6.07) is 29.2. The van der Waals surface area contributed by atoms with Gasteiger partial charge in [0.15, 0.2) is 5.82 Å². The van der Waals surface area contributed by atoms with Gasteiger partial charge in [0.25, 0.3) is 5.56 Å². The number of hydrogen-bond acceptors (Lipinski definition) is 7. The maximum absolute atomic E-state index is 13.6. The lowest BCUT2D eigenvalue weighted by Crippen LogP contribution is -2.50. The Bertz CT molecular complexity index is 1600. The summed E-state index contributed by atoms with van der Waals surface area (Å²) in [4.78, 5) is 21.6. The second-order valence-corrected chi connectivity index (χ2v) is 10.5. The lowest BCUT2D eigenvalue weighted by atomic mass is 9.96. The van der Waals surface area contributed by atoms with Crippen LogP contribution >= 0.6 is 0 Å². The number of methoxy groups -OCH3 is 1. The molecule has 1 atom stereocenters. The molecule has 0 radical (unpaired) electrons. The van der Waals surface area contributed by atoms with Crippen molar-refractivity contribution in [1.29, 1.82) is 0 Å². The molecule has 1 fully saturated rings. The third-order valence-electron chi connectivity index (χ3n) is 8.03. The SMILES string of the molecule is COCCn1nnnc1[C@H](c1cc2cccc(C)c2[nH]c1=O)N1CCN(C(c2ccccc2)c2ccccc2)CC1. The first-order chi connectivity index (χ1) is 20.1. The molecule has 1 N–H and O–H groups in total. The monoisotopic (exact) mass is 549 g/mol. The molecule has 9 heteroatoms. The fourth-order valence-corrected chi connectivity index (χ4v) is 5.99. The average molecular weight is 550 g/mol. The molecule has 41 heavy (non-hydrogen) atoms. The van der Waals surface area contributed by atoms with Crippen molar-refractivity contribution in [3.05, 3.63) is 123 Å². The van der Waals surface area contributed by atoms with E-state index in [-0.39, 0.29) is 11.6 Å². The molecule has 3 aromatic carbocycles. The summed E-state index contributed by atoms with van der Waals surface area (Å²) in [7, 11) is 1.66. The number of nitrogens with one attached hydrogen (secondary N) is 1. The van der Waals surface area contributed by atoms with E-state index in [1.54, 1.807) is 11.8 Å². The molecule has 1 aliphatic rings. The molecule has 3 heterocycles. The van der Waals surface area contributed by atoms with Crippen LogP contribution in [-0.2, 0) is 11.3 Å². The van der Waals surface area contributed by atoms with Crippen molar-refractivity contribution >= 4 is 10.9 Å². The van der Waals surface area contributed by atoms with Crippen LogP contribution in [0.5, 0.6) is 0 Å². The van der Waals surface area contributed by atoms with Crippen LogP contribution in [0.15, 0.2) is 89.7 Å². The van der Waals surface area contributed by atoms with Crippen LogP contribution in [0.4, 0.5) is 0 Å². The van der Waals surface area contributed by atoms with E-state index in [0.717, 1.165) is 42.6 Å². The van der Waals surface area contributed by atoms with E-state index in [4.69, 9.17) is 4.74 Å². The van der Waals surface area contributed by atoms with Gasteiger partial charge in [-0.3, -0.25) is 14.6 Å². The fraction of sp³-hybridized carbons (Fsp3) is 0.312. The van der Waals surface area contributed by atoms with Crippen molar-refractivity contribution in [1.82, 2.24) is 35.0 Å². The highest BCUT2D eigenvalue weighted by Crippen LogP contribution is 2.33. The zero-order chi connectivity index (χ0) is 28.2. The van der Waals surface area contributed by atoms with Crippen molar-refractivity contribution in [2.45, 2.75) is 25.6 Å². The number of aryl methyl sites for hydroxylation is 1. The summed E-state index contributed by atoms with van der Waals surface area (Å²) in [6.07, 6.45) is 0. The Labute approximate surface area is 239 Å². The van der Waals surface area contributed by atoms with Crippen molar-refractivity contribution in [2.24, 2.45) is 0 Å². The van der Waals surface area contributed by atoms with Crippen molar-refractivity contribution < 1.29 is 4.74 Å². The predicted octanol–water partition coefficient (Wildman–Crippen LogP) is 3.97. The van der Waals surface area contributed by atoms with Crippen LogP contribution < -0.4 is 5.56 Å². The molecular weight excluding hydrogens is 514 g/mol. The Morgan fingerprint density at radius 3 is 2.12 bits per heavy atom. The van der Waals surface area contributed by atoms with Gasteiger partial charge in [0.1, 0.15) is 6.04 Å². The molecule has 0 saturated carbocycles. The minimum absolute atomic E-state index is 0.119. The molecule has 0 spiro atoms. The fourth-order valence-electron chi connectivity index (χ4n) is 5.99. The molecule has 1 aliphatic heterocycles. The Morgan fingerprint density at radius 2 is 1.49 bits per heavy atom. The van der Waals surface area contributed by atoms with Crippen LogP contribution in [0.25, 0.3) is 10.9 Å². The predicted molar refractivity (Wildman–Crippen MR) is 159 cm³/mol. The third kappa shape index (κ3) is 5.56. The van der Waals surface area contributed by atoms with Gasteiger partial charge in [-0.2, -0.15) is 0 Å². The van der Waals surface area contributed by atoms with Crippen LogP contribution in [0.3, 0.4) is 0 Å². The minimum Gasteiger partial charge on any atom is -0.383 e. The number of benzene rings is 3. The van der Waals surface area contributed by atoms with Crippen LogP contribution in [0.2, 0.25) is 0 Å². The van der Waals surface area contributed by atoms with Gasteiger partial charge in [-0.15, -0.1) is 5.10 Å². The Hall–Kier alpha value is -4.18. The summed E-state index contributed by atoms with van der Waals surface area (Å²) in [5.41, 5.74) is 4.97. The molecule has 1 saturated heterocycles. The van der Waals surface area contributed by atoms with Gasteiger partial charge >= 0.3 is 0 Å². The Balaban J connectivity index is 1.35. The van der Waals surface area contributed by atoms with Crippen molar-refractivity contribution in [2.75, 3.05) is 39.9 Å². The normalized spacial score (nSPS) is 15.5. The number of para-hydroxylation sites is 1. The number of nitrogens with zero attached hydrogens (tertiary/aromatic N) is 6. The second-order valence-electron chi connectivity index (χ2n) is 10.5. The Morgan fingerprint density at radius 1 is 0.854 bits per heavy atom. The van der Waals surface area contributed by atoms with Crippen molar-refractivity contribution in [3.8, 4) is 0 Å². The molecule has 210 valence electrons. The van der Waals surface area contributed by atoms with Crippen LogP contribution in [0.1, 0.15) is 40.2 Å². The molecule has 0 amide bonds. The number of aromatic nitrogens is 5. The van der Waals surface area contributed by atoms with Gasteiger partial charge in [0.2, 0.25) is 0 Å². The smallest absolute Gasteiger partial charge is 0.253 e. The standard InChI is InChI=1S/C32H35N7O2/c1-23-10-9-15-26-22-27(32(40)33-28(23)26)30(31-34-35-36-39(31)20-21-41-2)38-18-16-37(17-19-38)29(24-11-5-3-6-12-24)25-13-7-4-8-14-25/h3-15,22,29-30H,16-21H2,1-2H3,(H,33,40)/t30-/m0/s1. The highest BCUT2D eigenvalue weighted by atomic mass is 16.5. The van der Waals surface area contributed by atoms with E-state index >= 15 is 0 Å². The van der Waals surface area contributed by atoms with Gasteiger partial charge in [-0.05, 0) is 45.5 Å². The number of aromatic amines is 1. The van der Waals surface area contributed by atoms with Gasteiger partial charge in [-0.1, -0.05) is 78.9 Å². The van der Waals surface area contributed by atoms with E-state index in [2.05, 4.69) is 91.0 Å². The molecule has 5 aromatic rings. The highest BCUT2D eigenvalue weighted by Gasteiger charge is 2.34. The van der Waals surface area contributed by atoms with E-state index in [0.29, 0.717) is 24.5 Å². The maximum Gasteiger partial charge on any atom is 0.253 e. The lowest BCUT2D eigenvalue weighted by molar-refractivity contribution is 0.0848. The number of H-pyrrole nitrogens is 1. The van der Waals surface area contributed by atoms with E-state index in [9.17, 15) is 4.79 Å². The van der Waals surface area contributed by atoms with Gasteiger partial charge in [-0.25, -0.2) is 4.68 Å². The summed E-state index contributed by atoms with van der Waals surface area (Å²) >= 11 is 0. The number of rotatable bonds is 9. The maximum atomic E-state index is 13.6. The van der Waals surface area contributed by atoms with E-state index in [1.165, 1.54) is 11.1 Å². The average Bonchev–Trinajstić information content (AvgIpc) is 3.47. The quantitative estimate of drug-likeness (QED) is 0.298. The topological polar surface area (TPSA) is 92.2 Å². The number of piperazine rings is 1. The number of pyridine rings is 1. The number of fused-ring (bicyclic) bond motifs is 1. The molecule has 0 bridgehead atoms. The van der Waals surface area contributed by atoms with Gasteiger partial charge in [0.05, 0.1) is 24.7 Å². The summed E-state index contributed by atoms with van der Waals surface area (Å²) < 4.78 is 7.08. The van der Waals surface area contributed by atoms with Gasteiger partial charge in [0, 0.05) is 38.9 Å². The summed E-state index contributed by atoms with van der Waals surface area (Å²) in [5, 5.41) is 13.7. The molecule has 2 aromatic heterocycles. The largest absolute Gasteiger partial charge is 0.383 e. The van der Waals surface area contributed by atoms with Gasteiger partial charge < -0.3 is 9.72 Å². The zero-order valence-corrected chi connectivity index (χ0v) is 23.5. The Kier molecular flexibility index (Phi) is 8.00. The van der Waals surface area contributed by atoms with Crippen molar-refractivity contribution in [3.63, 3.8) is 0 Å². The lowest BCUT2D eigenvalue weighted by Gasteiger charge is -2.42. The summed E-state index contributed by atoms with van der Waals surface area (Å²) in [6.45, 7) is 6.15.